The highest BCUT2D eigenvalue weighted by atomic mass is 16.5. The molecule has 1 aliphatic rings. The lowest BCUT2D eigenvalue weighted by Gasteiger charge is -2.41. The van der Waals surface area contributed by atoms with Crippen molar-refractivity contribution in [1.29, 1.82) is 0 Å². The number of rotatable bonds is 7. The summed E-state index contributed by atoms with van der Waals surface area (Å²) in [4.78, 5) is 23.1. The van der Waals surface area contributed by atoms with Crippen LogP contribution in [0.1, 0.15) is 27.7 Å². The van der Waals surface area contributed by atoms with E-state index in [1.807, 2.05) is 0 Å². The van der Waals surface area contributed by atoms with E-state index in [0.717, 1.165) is 13.1 Å². The van der Waals surface area contributed by atoms with Gasteiger partial charge in [-0.15, -0.1) is 0 Å². The molecule has 0 bridgehead atoms. The second-order valence-corrected chi connectivity index (χ2v) is 6.69. The van der Waals surface area contributed by atoms with Crippen LogP contribution in [0.25, 0.3) is 0 Å². The quantitative estimate of drug-likeness (QED) is 0.728. The van der Waals surface area contributed by atoms with Gasteiger partial charge in [-0.05, 0) is 25.8 Å². The van der Waals surface area contributed by atoms with Crippen molar-refractivity contribution in [1.82, 2.24) is 20.2 Å². The van der Waals surface area contributed by atoms with Crippen molar-refractivity contribution in [3.05, 3.63) is 18.5 Å². The fourth-order valence-corrected chi connectivity index (χ4v) is 3.19. The molecule has 1 aromatic rings. The third-order valence-electron chi connectivity index (χ3n) is 4.01. The van der Waals surface area contributed by atoms with E-state index in [4.69, 9.17) is 4.74 Å². The number of aromatic nitrogens is 2. The molecule has 1 saturated heterocycles. The Morgan fingerprint density at radius 1 is 1.25 bits per heavy atom. The Kier molecular flexibility index (Phi) is 6.93. The number of amides is 1. The second-order valence-electron chi connectivity index (χ2n) is 6.69. The number of hydrogen-bond donors (Lipinski definition) is 2. The molecule has 0 aromatic carbocycles. The van der Waals surface area contributed by atoms with Gasteiger partial charge in [0, 0.05) is 38.6 Å². The Hall–Kier alpha value is -1.73. The summed E-state index contributed by atoms with van der Waals surface area (Å²) >= 11 is 0. The van der Waals surface area contributed by atoms with Crippen LogP contribution in [0.15, 0.2) is 18.5 Å². The molecule has 1 fully saturated rings. The lowest BCUT2D eigenvalue weighted by molar-refractivity contribution is -0.135. The monoisotopic (exact) mass is 335 g/mol. The third-order valence-corrected chi connectivity index (χ3v) is 4.01. The summed E-state index contributed by atoms with van der Waals surface area (Å²) in [6, 6.07) is 1.64. The van der Waals surface area contributed by atoms with Gasteiger partial charge in [-0.2, -0.15) is 0 Å². The SMILES string of the molecule is CC1CN(C(C(=O)NCCNc2ncccn2)C(C)C)CC(C)O1. The maximum absolute atomic E-state index is 12.7. The lowest BCUT2D eigenvalue weighted by Crippen LogP contribution is -2.57. The van der Waals surface area contributed by atoms with E-state index in [1.165, 1.54) is 0 Å². The van der Waals surface area contributed by atoms with Crippen LogP contribution in [0.5, 0.6) is 0 Å². The smallest absolute Gasteiger partial charge is 0.237 e. The zero-order chi connectivity index (χ0) is 17.5. The second kappa shape index (κ2) is 8.94. The van der Waals surface area contributed by atoms with E-state index in [1.54, 1.807) is 18.5 Å². The first-order chi connectivity index (χ1) is 11.5. The standard InChI is InChI=1S/C17H29N5O2/c1-12(2)15(22-10-13(3)24-14(4)11-22)16(23)18-8-9-21-17-19-6-5-7-20-17/h5-7,12-15H,8-11H2,1-4H3,(H,18,23)(H,19,20,21). The van der Waals surface area contributed by atoms with E-state index in [0.29, 0.717) is 19.0 Å². The van der Waals surface area contributed by atoms with E-state index in [2.05, 4.69) is 53.2 Å². The molecule has 2 N–H and O–H groups in total. The van der Waals surface area contributed by atoms with Crippen molar-refractivity contribution >= 4 is 11.9 Å². The van der Waals surface area contributed by atoms with Gasteiger partial charge in [-0.25, -0.2) is 9.97 Å². The summed E-state index contributed by atoms with van der Waals surface area (Å²) in [5.74, 6) is 0.887. The molecule has 0 spiro atoms. The van der Waals surface area contributed by atoms with E-state index in [-0.39, 0.29) is 30.1 Å². The molecule has 1 aliphatic heterocycles. The Labute approximate surface area is 144 Å². The highest BCUT2D eigenvalue weighted by molar-refractivity contribution is 5.82. The molecule has 2 rings (SSSR count). The number of nitrogens with zero attached hydrogens (tertiary/aromatic N) is 3. The minimum Gasteiger partial charge on any atom is -0.373 e. The molecular weight excluding hydrogens is 306 g/mol. The van der Waals surface area contributed by atoms with Crippen LogP contribution in [0.2, 0.25) is 0 Å². The maximum atomic E-state index is 12.7. The number of carbonyl (C=O) groups excluding carboxylic acids is 1. The predicted octanol–water partition coefficient (Wildman–Crippen LogP) is 1.14. The summed E-state index contributed by atoms with van der Waals surface area (Å²) in [6.45, 7) is 11.0. The molecule has 1 amide bonds. The normalized spacial score (nSPS) is 23.0. The van der Waals surface area contributed by atoms with Crippen molar-refractivity contribution < 1.29 is 9.53 Å². The molecular formula is C17H29N5O2. The van der Waals surface area contributed by atoms with E-state index < -0.39 is 0 Å². The molecule has 24 heavy (non-hydrogen) atoms. The molecule has 0 radical (unpaired) electrons. The Bertz CT molecular complexity index is 501. The average molecular weight is 335 g/mol. The summed E-state index contributed by atoms with van der Waals surface area (Å²) in [5.41, 5.74) is 0. The van der Waals surface area contributed by atoms with Crippen LogP contribution in [0.3, 0.4) is 0 Å². The topological polar surface area (TPSA) is 79.4 Å². The minimum atomic E-state index is -0.133. The molecule has 0 aliphatic carbocycles. The Morgan fingerprint density at radius 2 is 1.88 bits per heavy atom. The van der Waals surface area contributed by atoms with Crippen LogP contribution in [0.4, 0.5) is 5.95 Å². The number of ether oxygens (including phenoxy) is 1. The fraction of sp³-hybridized carbons (Fsp3) is 0.706. The van der Waals surface area contributed by atoms with Gasteiger partial charge < -0.3 is 15.4 Å². The first-order valence-corrected chi connectivity index (χ1v) is 8.65. The predicted molar refractivity (Wildman–Crippen MR) is 93.7 cm³/mol. The zero-order valence-corrected chi connectivity index (χ0v) is 15.0. The number of anilines is 1. The fourth-order valence-electron chi connectivity index (χ4n) is 3.19. The number of hydrogen-bond acceptors (Lipinski definition) is 6. The summed E-state index contributed by atoms with van der Waals surface area (Å²) in [7, 11) is 0. The van der Waals surface area contributed by atoms with Gasteiger partial charge in [0.15, 0.2) is 0 Å². The third kappa shape index (κ3) is 5.42. The number of nitrogens with one attached hydrogen (secondary N) is 2. The molecule has 3 atom stereocenters. The van der Waals surface area contributed by atoms with Crippen LogP contribution in [0, 0.1) is 5.92 Å². The van der Waals surface area contributed by atoms with E-state index >= 15 is 0 Å². The minimum absolute atomic E-state index is 0.0714. The van der Waals surface area contributed by atoms with Gasteiger partial charge in [-0.1, -0.05) is 13.8 Å². The lowest BCUT2D eigenvalue weighted by atomic mass is 9.99. The molecule has 2 heterocycles. The van der Waals surface area contributed by atoms with Gasteiger partial charge >= 0.3 is 0 Å². The maximum Gasteiger partial charge on any atom is 0.237 e. The highest BCUT2D eigenvalue weighted by Crippen LogP contribution is 2.18. The van der Waals surface area contributed by atoms with Crippen LogP contribution in [-0.2, 0) is 9.53 Å². The molecule has 1 aromatic heterocycles. The summed E-state index contributed by atoms with van der Waals surface area (Å²) < 4.78 is 5.78. The highest BCUT2D eigenvalue weighted by Gasteiger charge is 2.33. The van der Waals surface area contributed by atoms with Crippen molar-refractivity contribution in [2.75, 3.05) is 31.5 Å². The Balaban J connectivity index is 1.83. The van der Waals surface area contributed by atoms with Crippen molar-refractivity contribution in [2.24, 2.45) is 5.92 Å². The van der Waals surface area contributed by atoms with Crippen molar-refractivity contribution in [3.8, 4) is 0 Å². The van der Waals surface area contributed by atoms with Gasteiger partial charge in [0.2, 0.25) is 11.9 Å². The van der Waals surface area contributed by atoms with E-state index in [9.17, 15) is 4.79 Å². The molecule has 134 valence electrons. The van der Waals surface area contributed by atoms with Crippen LogP contribution < -0.4 is 10.6 Å². The molecule has 3 unspecified atom stereocenters. The van der Waals surface area contributed by atoms with Crippen molar-refractivity contribution in [3.63, 3.8) is 0 Å². The molecule has 0 saturated carbocycles. The van der Waals surface area contributed by atoms with Crippen molar-refractivity contribution in [2.45, 2.75) is 45.9 Å². The summed E-state index contributed by atoms with van der Waals surface area (Å²) in [6.07, 6.45) is 3.67. The van der Waals surface area contributed by atoms with Crippen LogP contribution >= 0.6 is 0 Å². The van der Waals surface area contributed by atoms with Gasteiger partial charge in [-0.3, -0.25) is 9.69 Å². The van der Waals surface area contributed by atoms with Gasteiger partial charge in [0.1, 0.15) is 0 Å². The number of carbonyl (C=O) groups is 1. The molecule has 7 nitrogen and oxygen atoms in total. The Morgan fingerprint density at radius 3 is 2.46 bits per heavy atom. The zero-order valence-electron chi connectivity index (χ0n) is 15.0. The first-order valence-electron chi connectivity index (χ1n) is 8.65. The summed E-state index contributed by atoms with van der Waals surface area (Å²) in [5, 5.41) is 6.11. The first kappa shape index (κ1) is 18.6. The number of morpholine rings is 1. The van der Waals surface area contributed by atoms with Gasteiger partial charge in [0.25, 0.3) is 0 Å². The average Bonchev–Trinajstić information content (AvgIpc) is 2.51. The largest absolute Gasteiger partial charge is 0.373 e. The van der Waals surface area contributed by atoms with Gasteiger partial charge in [0.05, 0.1) is 18.2 Å². The molecule has 7 heteroatoms. The van der Waals surface area contributed by atoms with Crippen LogP contribution in [-0.4, -0.2) is 65.2 Å².